The normalized spacial score (nSPS) is 10.5. The van der Waals surface area contributed by atoms with Gasteiger partial charge in [0, 0.05) is 5.56 Å². The summed E-state index contributed by atoms with van der Waals surface area (Å²) < 4.78 is 11.2. The molecule has 0 saturated carbocycles. The number of nitrogens with one attached hydrogen (secondary N) is 1. The van der Waals surface area contributed by atoms with Crippen molar-refractivity contribution in [3.8, 4) is 17.1 Å². The van der Waals surface area contributed by atoms with Gasteiger partial charge in [-0.1, -0.05) is 41.4 Å². The minimum atomic E-state index is -0.286. The van der Waals surface area contributed by atoms with Crippen molar-refractivity contribution >= 4 is 17.5 Å². The van der Waals surface area contributed by atoms with Crippen LogP contribution in [0.3, 0.4) is 0 Å². The number of aryl methyl sites for hydroxylation is 1. The summed E-state index contributed by atoms with van der Waals surface area (Å²) in [6.07, 6.45) is 0. The van der Waals surface area contributed by atoms with Gasteiger partial charge >= 0.3 is 0 Å². The van der Waals surface area contributed by atoms with Gasteiger partial charge < -0.3 is 14.5 Å². The van der Waals surface area contributed by atoms with Crippen LogP contribution in [0.25, 0.3) is 11.3 Å². The zero-order chi connectivity index (χ0) is 17.6. The Kier molecular flexibility index (Phi) is 5.41. The molecule has 1 aromatic heterocycles. The molecule has 128 valence electrons. The molecule has 0 bridgehead atoms. The average molecular weight is 356 g/mol. The first kappa shape index (κ1) is 17.1. The molecule has 25 heavy (non-hydrogen) atoms. The minimum absolute atomic E-state index is 0.241. The van der Waals surface area contributed by atoms with Crippen molar-refractivity contribution in [3.63, 3.8) is 0 Å². The molecule has 0 aliphatic heterocycles. The van der Waals surface area contributed by atoms with E-state index in [4.69, 9.17) is 20.8 Å². The summed E-state index contributed by atoms with van der Waals surface area (Å²) >= 11 is 6.14. The first-order valence-electron chi connectivity index (χ1n) is 7.96. The van der Waals surface area contributed by atoms with Crippen molar-refractivity contribution in [2.45, 2.75) is 6.92 Å². The predicted octanol–water partition coefficient (Wildman–Crippen LogP) is 4.72. The predicted molar refractivity (Wildman–Crippen MR) is 98.2 cm³/mol. The van der Waals surface area contributed by atoms with Crippen LogP contribution in [0.4, 0.5) is 0 Å². The molecule has 2 aromatic carbocycles. The highest BCUT2D eigenvalue weighted by Gasteiger charge is 2.13. The number of rotatable bonds is 6. The number of hydrogen-bond acceptors (Lipinski definition) is 3. The van der Waals surface area contributed by atoms with Crippen LogP contribution in [-0.2, 0) is 0 Å². The molecule has 0 spiro atoms. The maximum atomic E-state index is 12.1. The number of benzene rings is 2. The molecule has 4 nitrogen and oxygen atoms in total. The quantitative estimate of drug-likeness (QED) is 0.651. The van der Waals surface area contributed by atoms with Gasteiger partial charge in [-0.25, -0.2) is 0 Å². The van der Waals surface area contributed by atoms with Crippen molar-refractivity contribution in [3.05, 3.63) is 77.0 Å². The van der Waals surface area contributed by atoms with Crippen LogP contribution in [0.1, 0.15) is 16.1 Å². The smallest absolute Gasteiger partial charge is 0.287 e. The van der Waals surface area contributed by atoms with Crippen LogP contribution in [0.5, 0.6) is 5.75 Å². The van der Waals surface area contributed by atoms with Gasteiger partial charge in [0.05, 0.1) is 11.6 Å². The van der Waals surface area contributed by atoms with Crippen molar-refractivity contribution in [1.82, 2.24) is 5.32 Å². The van der Waals surface area contributed by atoms with Crippen LogP contribution in [0.2, 0.25) is 5.02 Å². The van der Waals surface area contributed by atoms with Crippen molar-refractivity contribution in [1.29, 1.82) is 0 Å². The van der Waals surface area contributed by atoms with E-state index < -0.39 is 0 Å². The topological polar surface area (TPSA) is 51.5 Å². The average Bonchev–Trinajstić information content (AvgIpc) is 3.10. The second-order valence-corrected chi connectivity index (χ2v) is 5.97. The van der Waals surface area contributed by atoms with Crippen molar-refractivity contribution in [2.24, 2.45) is 0 Å². The Morgan fingerprint density at radius 1 is 1.08 bits per heavy atom. The number of carbonyl (C=O) groups excluding carboxylic acids is 1. The second kappa shape index (κ2) is 7.90. The Balaban J connectivity index is 1.52. The highest BCUT2D eigenvalue weighted by Crippen LogP contribution is 2.28. The molecule has 3 rings (SSSR count). The van der Waals surface area contributed by atoms with Gasteiger partial charge in [0.15, 0.2) is 5.76 Å². The number of ether oxygens (including phenoxy) is 1. The van der Waals surface area contributed by atoms with Crippen molar-refractivity contribution < 1.29 is 13.9 Å². The maximum absolute atomic E-state index is 12.1. The molecule has 1 N–H and O–H groups in total. The first-order valence-corrected chi connectivity index (χ1v) is 8.34. The van der Waals surface area contributed by atoms with Gasteiger partial charge in [-0.15, -0.1) is 0 Å². The summed E-state index contributed by atoms with van der Waals surface area (Å²) in [6, 6.07) is 18.5. The Labute approximate surface area is 151 Å². The summed E-state index contributed by atoms with van der Waals surface area (Å²) in [5, 5.41) is 3.35. The molecule has 0 aliphatic rings. The van der Waals surface area contributed by atoms with Crippen LogP contribution < -0.4 is 10.1 Å². The molecule has 1 amide bonds. The number of halogens is 1. The van der Waals surface area contributed by atoms with E-state index in [0.29, 0.717) is 23.9 Å². The fourth-order valence-electron chi connectivity index (χ4n) is 2.32. The van der Waals surface area contributed by atoms with E-state index in [1.807, 2.05) is 49.4 Å². The molecule has 0 saturated heterocycles. The molecule has 0 radical (unpaired) electrons. The molecule has 0 atom stereocenters. The lowest BCUT2D eigenvalue weighted by molar-refractivity contribution is 0.0920. The van der Waals surface area contributed by atoms with E-state index in [1.165, 1.54) is 5.56 Å². The fourth-order valence-corrected chi connectivity index (χ4v) is 2.55. The third kappa shape index (κ3) is 4.43. The third-order valence-electron chi connectivity index (χ3n) is 3.65. The SMILES string of the molecule is Cc1ccc(OCCNC(=O)c2ccc(-c3ccccc3Cl)o2)cc1. The Morgan fingerprint density at radius 3 is 2.60 bits per heavy atom. The zero-order valence-corrected chi connectivity index (χ0v) is 14.5. The van der Waals surface area contributed by atoms with E-state index in [9.17, 15) is 4.79 Å². The summed E-state index contributed by atoms with van der Waals surface area (Å²) in [6.45, 7) is 2.78. The standard InChI is InChI=1S/C20H18ClNO3/c1-14-6-8-15(9-7-14)24-13-12-22-20(23)19-11-10-18(25-19)16-4-2-3-5-17(16)21/h2-11H,12-13H2,1H3,(H,22,23). The Morgan fingerprint density at radius 2 is 1.84 bits per heavy atom. The van der Waals surface area contributed by atoms with E-state index in [2.05, 4.69) is 5.32 Å². The molecule has 5 heteroatoms. The minimum Gasteiger partial charge on any atom is -0.492 e. The van der Waals surface area contributed by atoms with Gasteiger partial charge in [0.1, 0.15) is 18.1 Å². The van der Waals surface area contributed by atoms with Crippen molar-refractivity contribution in [2.75, 3.05) is 13.2 Å². The molecular formula is C20H18ClNO3. The lowest BCUT2D eigenvalue weighted by Gasteiger charge is -2.07. The largest absolute Gasteiger partial charge is 0.492 e. The lowest BCUT2D eigenvalue weighted by Crippen LogP contribution is -2.27. The number of amides is 1. The molecule has 1 heterocycles. The second-order valence-electron chi connectivity index (χ2n) is 5.56. The number of furan rings is 1. The monoisotopic (exact) mass is 355 g/mol. The van der Waals surface area contributed by atoms with Gasteiger partial charge in [-0.2, -0.15) is 0 Å². The van der Waals surface area contributed by atoms with E-state index in [0.717, 1.165) is 11.3 Å². The molecule has 0 aliphatic carbocycles. The number of hydrogen-bond donors (Lipinski definition) is 1. The van der Waals surface area contributed by atoms with Gasteiger partial charge in [0.2, 0.25) is 0 Å². The zero-order valence-electron chi connectivity index (χ0n) is 13.8. The maximum Gasteiger partial charge on any atom is 0.287 e. The Hall–Kier alpha value is -2.72. The highest BCUT2D eigenvalue weighted by atomic mass is 35.5. The molecule has 0 fully saturated rings. The van der Waals surface area contributed by atoms with E-state index in [1.54, 1.807) is 18.2 Å². The van der Waals surface area contributed by atoms with E-state index in [-0.39, 0.29) is 11.7 Å². The first-order chi connectivity index (χ1) is 12.1. The molecular weight excluding hydrogens is 338 g/mol. The molecule has 3 aromatic rings. The molecule has 0 unspecified atom stereocenters. The third-order valence-corrected chi connectivity index (χ3v) is 3.98. The van der Waals surface area contributed by atoms with Crippen LogP contribution in [-0.4, -0.2) is 19.1 Å². The summed E-state index contributed by atoms with van der Waals surface area (Å²) in [7, 11) is 0. The Bertz CT molecular complexity index is 855. The number of carbonyl (C=O) groups is 1. The van der Waals surface area contributed by atoms with Gasteiger partial charge in [-0.05, 0) is 43.3 Å². The van der Waals surface area contributed by atoms with Gasteiger partial charge in [0.25, 0.3) is 5.91 Å². The fraction of sp³-hybridized carbons (Fsp3) is 0.150. The lowest BCUT2D eigenvalue weighted by atomic mass is 10.2. The van der Waals surface area contributed by atoms with Crippen LogP contribution in [0.15, 0.2) is 65.1 Å². The highest BCUT2D eigenvalue weighted by molar-refractivity contribution is 6.33. The summed E-state index contributed by atoms with van der Waals surface area (Å²) in [4.78, 5) is 12.1. The van der Waals surface area contributed by atoms with E-state index >= 15 is 0 Å². The van der Waals surface area contributed by atoms with Crippen LogP contribution in [0, 0.1) is 6.92 Å². The van der Waals surface area contributed by atoms with Crippen LogP contribution >= 0.6 is 11.6 Å². The van der Waals surface area contributed by atoms with Gasteiger partial charge in [-0.3, -0.25) is 4.79 Å². The summed E-state index contributed by atoms with van der Waals surface area (Å²) in [5.74, 6) is 1.29. The summed E-state index contributed by atoms with van der Waals surface area (Å²) in [5.41, 5.74) is 1.93.